The van der Waals surface area contributed by atoms with Gasteiger partial charge in [0.2, 0.25) is 0 Å². The van der Waals surface area contributed by atoms with E-state index in [1.807, 2.05) is 36.2 Å². The molecule has 106 valence electrons. The Labute approximate surface area is 125 Å². The maximum absolute atomic E-state index is 11.9. The molecule has 5 nitrogen and oxygen atoms in total. The van der Waals surface area contributed by atoms with Crippen molar-refractivity contribution < 1.29 is 4.74 Å². The number of para-hydroxylation sites is 1. The first kappa shape index (κ1) is 14.6. The molecular weight excluding hydrogens is 322 g/mol. The van der Waals surface area contributed by atoms with Gasteiger partial charge in [-0.2, -0.15) is 5.10 Å². The van der Waals surface area contributed by atoms with E-state index in [0.717, 1.165) is 17.0 Å². The van der Waals surface area contributed by atoms with Crippen molar-refractivity contribution in [1.29, 1.82) is 0 Å². The molecule has 6 heteroatoms. The average molecular weight is 338 g/mol. The van der Waals surface area contributed by atoms with Crippen LogP contribution >= 0.6 is 15.9 Å². The van der Waals surface area contributed by atoms with Crippen molar-refractivity contribution in [3.8, 4) is 5.75 Å². The summed E-state index contributed by atoms with van der Waals surface area (Å²) in [6, 6.07) is 7.80. The van der Waals surface area contributed by atoms with Gasteiger partial charge >= 0.3 is 0 Å². The van der Waals surface area contributed by atoms with Crippen molar-refractivity contribution in [2.24, 2.45) is 7.05 Å². The first-order valence-electron chi connectivity index (χ1n) is 6.09. The van der Waals surface area contributed by atoms with Crippen LogP contribution in [0.15, 0.2) is 39.7 Å². The number of hydrogen-bond acceptors (Lipinski definition) is 4. The number of benzene rings is 1. The molecule has 0 atom stereocenters. The lowest BCUT2D eigenvalue weighted by atomic mass is 10.2. The van der Waals surface area contributed by atoms with Crippen molar-refractivity contribution in [3.63, 3.8) is 0 Å². The molecule has 0 fully saturated rings. The Morgan fingerprint density at radius 2 is 2.10 bits per heavy atom. The zero-order chi connectivity index (χ0) is 14.7. The van der Waals surface area contributed by atoms with E-state index in [9.17, 15) is 4.79 Å². The highest BCUT2D eigenvalue weighted by atomic mass is 79.9. The monoisotopic (exact) mass is 337 g/mol. The third-order valence-corrected chi connectivity index (χ3v) is 3.82. The zero-order valence-corrected chi connectivity index (χ0v) is 13.2. The van der Waals surface area contributed by atoms with Gasteiger partial charge in [0.05, 0.1) is 19.0 Å². The molecule has 0 unspecified atom stereocenters. The summed E-state index contributed by atoms with van der Waals surface area (Å²) in [5.74, 6) is 0.826. The van der Waals surface area contributed by atoms with E-state index >= 15 is 0 Å². The maximum Gasteiger partial charge on any atom is 0.282 e. The minimum atomic E-state index is -0.158. The van der Waals surface area contributed by atoms with E-state index in [1.165, 1.54) is 4.68 Å². The van der Waals surface area contributed by atoms with Crippen LogP contribution in [0, 0.1) is 0 Å². The number of aromatic nitrogens is 2. The van der Waals surface area contributed by atoms with Crippen LogP contribution in [0.1, 0.15) is 5.56 Å². The van der Waals surface area contributed by atoms with E-state index in [2.05, 4.69) is 21.0 Å². The Morgan fingerprint density at radius 1 is 1.40 bits per heavy atom. The summed E-state index contributed by atoms with van der Waals surface area (Å²) >= 11 is 3.33. The first-order chi connectivity index (χ1) is 9.54. The van der Waals surface area contributed by atoms with Gasteiger partial charge in [-0.25, -0.2) is 4.68 Å². The lowest BCUT2D eigenvalue weighted by Gasteiger charge is -2.21. The summed E-state index contributed by atoms with van der Waals surface area (Å²) in [6.07, 6.45) is 1.67. The molecule has 0 saturated carbocycles. The van der Waals surface area contributed by atoms with E-state index in [0.29, 0.717) is 11.0 Å². The third-order valence-electron chi connectivity index (χ3n) is 3.07. The van der Waals surface area contributed by atoms with Crippen LogP contribution in [0.3, 0.4) is 0 Å². The molecule has 1 aromatic heterocycles. The van der Waals surface area contributed by atoms with Crippen LogP contribution < -0.4 is 15.2 Å². The summed E-state index contributed by atoms with van der Waals surface area (Å²) < 4.78 is 7.14. The number of anilines is 1. The van der Waals surface area contributed by atoms with Gasteiger partial charge in [0.1, 0.15) is 10.2 Å². The number of methoxy groups -OCH3 is 1. The highest BCUT2D eigenvalue weighted by Gasteiger charge is 2.13. The Kier molecular flexibility index (Phi) is 4.44. The normalized spacial score (nSPS) is 10.4. The van der Waals surface area contributed by atoms with Gasteiger partial charge in [0.25, 0.3) is 5.56 Å². The number of ether oxygens (including phenoxy) is 1. The molecule has 0 amide bonds. The molecule has 20 heavy (non-hydrogen) atoms. The van der Waals surface area contributed by atoms with E-state index in [4.69, 9.17) is 4.74 Å². The predicted octanol–water partition coefficient (Wildman–Crippen LogP) is 2.19. The second kappa shape index (κ2) is 6.09. The smallest absolute Gasteiger partial charge is 0.282 e. The average Bonchev–Trinajstić information content (AvgIpc) is 2.45. The fourth-order valence-corrected chi connectivity index (χ4v) is 2.60. The number of aryl methyl sites for hydroxylation is 1. The lowest BCUT2D eigenvalue weighted by molar-refractivity contribution is 0.409. The van der Waals surface area contributed by atoms with Crippen molar-refractivity contribution in [2.75, 3.05) is 19.1 Å². The third kappa shape index (κ3) is 2.85. The van der Waals surface area contributed by atoms with Gasteiger partial charge in [-0.3, -0.25) is 4.79 Å². The quantitative estimate of drug-likeness (QED) is 0.857. The van der Waals surface area contributed by atoms with Crippen molar-refractivity contribution in [2.45, 2.75) is 6.54 Å². The Hall–Kier alpha value is -1.82. The van der Waals surface area contributed by atoms with Gasteiger partial charge in [-0.05, 0) is 22.0 Å². The van der Waals surface area contributed by atoms with Gasteiger partial charge in [-0.1, -0.05) is 18.2 Å². The second-order valence-electron chi connectivity index (χ2n) is 4.44. The molecule has 0 saturated heterocycles. The van der Waals surface area contributed by atoms with Crippen LogP contribution in [-0.2, 0) is 13.6 Å². The highest BCUT2D eigenvalue weighted by Crippen LogP contribution is 2.25. The SMILES string of the molecule is COc1ccccc1CN(C)c1cnn(C)c(=O)c1Br. The van der Waals surface area contributed by atoms with Gasteiger partial charge in [0, 0.05) is 26.2 Å². The number of rotatable bonds is 4. The maximum atomic E-state index is 11.9. The molecule has 0 aliphatic rings. The standard InChI is InChI=1S/C14H16BrN3O2/c1-17(9-10-6-4-5-7-12(10)20-3)11-8-16-18(2)14(19)13(11)15/h4-8H,9H2,1-3H3. The molecule has 2 rings (SSSR count). The molecule has 0 aliphatic carbocycles. The van der Waals surface area contributed by atoms with E-state index < -0.39 is 0 Å². The van der Waals surface area contributed by atoms with Crippen LogP contribution in [0.25, 0.3) is 0 Å². The minimum Gasteiger partial charge on any atom is -0.496 e. The topological polar surface area (TPSA) is 47.4 Å². The molecule has 0 aliphatic heterocycles. The number of nitrogens with zero attached hydrogens (tertiary/aromatic N) is 3. The van der Waals surface area contributed by atoms with Crippen LogP contribution in [0.4, 0.5) is 5.69 Å². The van der Waals surface area contributed by atoms with Gasteiger partial charge < -0.3 is 9.64 Å². The molecule has 0 bridgehead atoms. The van der Waals surface area contributed by atoms with Crippen molar-refractivity contribution >= 4 is 21.6 Å². The number of hydrogen-bond donors (Lipinski definition) is 0. The Balaban J connectivity index is 2.31. The summed E-state index contributed by atoms with van der Waals surface area (Å²) in [5, 5.41) is 4.05. The highest BCUT2D eigenvalue weighted by molar-refractivity contribution is 9.10. The molecule has 1 heterocycles. The summed E-state index contributed by atoms with van der Waals surface area (Å²) in [7, 11) is 5.18. The fourth-order valence-electron chi connectivity index (χ4n) is 1.94. The molecule has 2 aromatic rings. The van der Waals surface area contributed by atoms with E-state index in [-0.39, 0.29) is 5.56 Å². The van der Waals surface area contributed by atoms with Gasteiger partial charge in [0.15, 0.2) is 0 Å². The summed E-state index contributed by atoms with van der Waals surface area (Å²) in [6.45, 7) is 0.622. The molecule has 0 N–H and O–H groups in total. The zero-order valence-electron chi connectivity index (χ0n) is 11.6. The van der Waals surface area contributed by atoms with Crippen LogP contribution in [-0.4, -0.2) is 23.9 Å². The summed E-state index contributed by atoms with van der Waals surface area (Å²) in [5.41, 5.74) is 1.64. The second-order valence-corrected chi connectivity index (χ2v) is 5.23. The predicted molar refractivity (Wildman–Crippen MR) is 82.3 cm³/mol. The Bertz CT molecular complexity index is 670. The van der Waals surface area contributed by atoms with E-state index in [1.54, 1.807) is 20.4 Å². The van der Waals surface area contributed by atoms with Gasteiger partial charge in [-0.15, -0.1) is 0 Å². The largest absolute Gasteiger partial charge is 0.496 e. The van der Waals surface area contributed by atoms with Crippen molar-refractivity contribution in [3.05, 3.63) is 50.9 Å². The van der Waals surface area contributed by atoms with Crippen LogP contribution in [0.2, 0.25) is 0 Å². The first-order valence-corrected chi connectivity index (χ1v) is 6.88. The van der Waals surface area contributed by atoms with Crippen molar-refractivity contribution in [1.82, 2.24) is 9.78 Å². The lowest BCUT2D eigenvalue weighted by Crippen LogP contribution is -2.25. The minimum absolute atomic E-state index is 0.158. The van der Waals surface area contributed by atoms with Crippen LogP contribution in [0.5, 0.6) is 5.75 Å². The summed E-state index contributed by atoms with van der Waals surface area (Å²) in [4.78, 5) is 13.8. The fraction of sp³-hybridized carbons (Fsp3) is 0.286. The molecule has 0 spiro atoms. The number of halogens is 1. The Morgan fingerprint density at radius 3 is 2.80 bits per heavy atom. The molecular formula is C14H16BrN3O2. The molecule has 0 radical (unpaired) electrons. The molecule has 1 aromatic carbocycles.